The van der Waals surface area contributed by atoms with Gasteiger partial charge in [-0.15, -0.1) is 0 Å². The fraction of sp³-hybridized carbons (Fsp3) is 1.00. The SMILES string of the molecule is CC.CC(C)N1CCC2(CC1)COCCO2. The summed E-state index contributed by atoms with van der Waals surface area (Å²) in [4.78, 5) is 2.52. The molecule has 0 aliphatic carbocycles. The Balaban J connectivity index is 0.000000606. The highest BCUT2D eigenvalue weighted by atomic mass is 16.6. The number of hydrogen-bond donors (Lipinski definition) is 0. The number of piperidine rings is 1. The van der Waals surface area contributed by atoms with Crippen LogP contribution < -0.4 is 0 Å². The molecule has 2 fully saturated rings. The van der Waals surface area contributed by atoms with Crippen LogP contribution in [0.4, 0.5) is 0 Å². The lowest BCUT2D eigenvalue weighted by atomic mass is 9.91. The van der Waals surface area contributed by atoms with Crippen molar-refractivity contribution in [2.45, 2.75) is 52.2 Å². The van der Waals surface area contributed by atoms with Gasteiger partial charge in [0.1, 0.15) is 0 Å². The van der Waals surface area contributed by atoms with Gasteiger partial charge in [-0.1, -0.05) is 13.8 Å². The second kappa shape index (κ2) is 6.58. The van der Waals surface area contributed by atoms with E-state index in [4.69, 9.17) is 9.47 Å². The third-order valence-electron chi connectivity index (χ3n) is 3.44. The van der Waals surface area contributed by atoms with Crippen molar-refractivity contribution >= 4 is 0 Å². The van der Waals surface area contributed by atoms with Gasteiger partial charge in [0.15, 0.2) is 0 Å². The quantitative estimate of drug-likeness (QED) is 0.688. The summed E-state index contributed by atoms with van der Waals surface area (Å²) in [6, 6.07) is 0.664. The predicted molar refractivity (Wildman–Crippen MR) is 66.8 cm³/mol. The van der Waals surface area contributed by atoms with E-state index in [2.05, 4.69) is 18.7 Å². The molecule has 0 aromatic carbocycles. The Bertz CT molecular complexity index is 178. The Labute approximate surface area is 100 Å². The molecular weight excluding hydrogens is 202 g/mol. The summed E-state index contributed by atoms with van der Waals surface area (Å²) >= 11 is 0. The molecule has 2 aliphatic rings. The van der Waals surface area contributed by atoms with Gasteiger partial charge in [0.05, 0.1) is 25.4 Å². The van der Waals surface area contributed by atoms with E-state index in [1.54, 1.807) is 0 Å². The zero-order chi connectivity index (χ0) is 12.0. The first-order valence-electron chi connectivity index (χ1n) is 6.68. The Morgan fingerprint density at radius 3 is 2.12 bits per heavy atom. The van der Waals surface area contributed by atoms with Gasteiger partial charge < -0.3 is 14.4 Å². The van der Waals surface area contributed by atoms with E-state index in [-0.39, 0.29) is 5.60 Å². The van der Waals surface area contributed by atoms with Crippen LogP contribution in [0, 0.1) is 0 Å². The smallest absolute Gasteiger partial charge is 0.0940 e. The lowest BCUT2D eigenvalue weighted by molar-refractivity contribution is -0.178. The molecule has 16 heavy (non-hydrogen) atoms. The largest absolute Gasteiger partial charge is 0.376 e. The van der Waals surface area contributed by atoms with Crippen LogP contribution in [-0.4, -0.2) is 49.5 Å². The molecule has 0 amide bonds. The van der Waals surface area contributed by atoms with Crippen molar-refractivity contribution in [3.63, 3.8) is 0 Å². The molecule has 2 heterocycles. The van der Waals surface area contributed by atoms with Crippen molar-refractivity contribution in [3.8, 4) is 0 Å². The first-order chi connectivity index (χ1) is 7.72. The van der Waals surface area contributed by atoms with Gasteiger partial charge in [0, 0.05) is 19.1 Å². The highest BCUT2D eigenvalue weighted by Crippen LogP contribution is 2.29. The molecular formula is C13H27NO2. The van der Waals surface area contributed by atoms with Gasteiger partial charge in [0.25, 0.3) is 0 Å². The molecule has 3 heteroatoms. The second-order valence-corrected chi connectivity index (χ2v) is 4.71. The van der Waals surface area contributed by atoms with E-state index < -0.39 is 0 Å². The molecule has 2 aliphatic heterocycles. The normalized spacial score (nSPS) is 25.3. The number of nitrogens with zero attached hydrogens (tertiary/aromatic N) is 1. The van der Waals surface area contributed by atoms with E-state index in [0.29, 0.717) is 6.04 Å². The third kappa shape index (κ3) is 3.44. The second-order valence-electron chi connectivity index (χ2n) is 4.71. The Morgan fingerprint density at radius 1 is 1.06 bits per heavy atom. The van der Waals surface area contributed by atoms with Gasteiger partial charge in [0.2, 0.25) is 0 Å². The summed E-state index contributed by atoms with van der Waals surface area (Å²) in [6.45, 7) is 13.2. The molecule has 0 aromatic heterocycles. The monoisotopic (exact) mass is 229 g/mol. The molecule has 96 valence electrons. The van der Waals surface area contributed by atoms with Gasteiger partial charge >= 0.3 is 0 Å². The summed E-state index contributed by atoms with van der Waals surface area (Å²) in [5, 5.41) is 0. The average molecular weight is 229 g/mol. The van der Waals surface area contributed by atoms with Crippen molar-refractivity contribution in [1.82, 2.24) is 4.90 Å². The van der Waals surface area contributed by atoms with Crippen LogP contribution in [0.5, 0.6) is 0 Å². The van der Waals surface area contributed by atoms with E-state index in [1.165, 1.54) is 0 Å². The molecule has 1 spiro atoms. The highest BCUT2D eigenvalue weighted by Gasteiger charge is 2.38. The van der Waals surface area contributed by atoms with E-state index in [1.807, 2.05) is 13.8 Å². The molecule has 2 rings (SSSR count). The number of rotatable bonds is 1. The highest BCUT2D eigenvalue weighted by molar-refractivity contribution is 4.89. The Morgan fingerprint density at radius 2 is 1.69 bits per heavy atom. The maximum atomic E-state index is 5.88. The van der Waals surface area contributed by atoms with Crippen LogP contribution >= 0.6 is 0 Å². The predicted octanol–water partition coefficient (Wildman–Crippen LogP) is 2.30. The van der Waals surface area contributed by atoms with E-state index in [9.17, 15) is 0 Å². The minimum atomic E-state index is 0.0592. The maximum absolute atomic E-state index is 5.88. The van der Waals surface area contributed by atoms with Crippen LogP contribution in [0.3, 0.4) is 0 Å². The first-order valence-corrected chi connectivity index (χ1v) is 6.68. The summed E-state index contributed by atoms with van der Waals surface area (Å²) < 4.78 is 11.4. The van der Waals surface area contributed by atoms with Crippen LogP contribution in [0.2, 0.25) is 0 Å². The lowest BCUT2D eigenvalue weighted by Crippen LogP contribution is -2.52. The minimum Gasteiger partial charge on any atom is -0.376 e. The zero-order valence-corrected chi connectivity index (χ0v) is 11.3. The van der Waals surface area contributed by atoms with Gasteiger partial charge in [-0.05, 0) is 26.7 Å². The number of hydrogen-bond acceptors (Lipinski definition) is 3. The van der Waals surface area contributed by atoms with E-state index in [0.717, 1.165) is 45.8 Å². The molecule has 0 bridgehead atoms. The van der Waals surface area contributed by atoms with Gasteiger partial charge in [-0.25, -0.2) is 0 Å². The van der Waals surface area contributed by atoms with Crippen molar-refractivity contribution < 1.29 is 9.47 Å². The standard InChI is InChI=1S/C11H21NO2.C2H6/c1-10(2)12-5-3-11(4-6-12)9-13-7-8-14-11;1-2/h10H,3-9H2,1-2H3;1-2H3. The fourth-order valence-electron chi connectivity index (χ4n) is 2.35. The lowest BCUT2D eigenvalue weighted by Gasteiger charge is -2.44. The fourth-order valence-corrected chi connectivity index (χ4v) is 2.35. The summed E-state index contributed by atoms with van der Waals surface area (Å²) in [5.41, 5.74) is 0.0592. The minimum absolute atomic E-state index is 0.0592. The average Bonchev–Trinajstić information content (AvgIpc) is 2.33. The number of likely N-dealkylation sites (tertiary alicyclic amines) is 1. The topological polar surface area (TPSA) is 21.7 Å². The van der Waals surface area contributed by atoms with Crippen LogP contribution in [0.15, 0.2) is 0 Å². The molecule has 0 atom stereocenters. The van der Waals surface area contributed by atoms with Crippen molar-refractivity contribution in [1.29, 1.82) is 0 Å². The Hall–Kier alpha value is -0.120. The number of ether oxygens (including phenoxy) is 2. The van der Waals surface area contributed by atoms with Gasteiger partial charge in [-0.2, -0.15) is 0 Å². The Kier molecular flexibility index (Phi) is 5.73. The summed E-state index contributed by atoms with van der Waals surface area (Å²) in [5.74, 6) is 0. The van der Waals surface area contributed by atoms with Crippen molar-refractivity contribution in [2.24, 2.45) is 0 Å². The first kappa shape index (κ1) is 13.9. The van der Waals surface area contributed by atoms with Crippen molar-refractivity contribution in [2.75, 3.05) is 32.9 Å². The summed E-state index contributed by atoms with van der Waals surface area (Å²) in [7, 11) is 0. The van der Waals surface area contributed by atoms with Gasteiger partial charge in [-0.3, -0.25) is 0 Å². The zero-order valence-electron chi connectivity index (χ0n) is 11.3. The van der Waals surface area contributed by atoms with Crippen LogP contribution in [0.25, 0.3) is 0 Å². The van der Waals surface area contributed by atoms with Crippen LogP contribution in [-0.2, 0) is 9.47 Å². The maximum Gasteiger partial charge on any atom is 0.0940 e. The van der Waals surface area contributed by atoms with E-state index >= 15 is 0 Å². The molecule has 2 saturated heterocycles. The molecule has 0 unspecified atom stereocenters. The molecule has 0 saturated carbocycles. The molecule has 0 radical (unpaired) electrons. The van der Waals surface area contributed by atoms with Crippen LogP contribution in [0.1, 0.15) is 40.5 Å². The molecule has 0 aromatic rings. The molecule has 0 N–H and O–H groups in total. The third-order valence-corrected chi connectivity index (χ3v) is 3.44. The van der Waals surface area contributed by atoms with Crippen molar-refractivity contribution in [3.05, 3.63) is 0 Å². The summed E-state index contributed by atoms with van der Waals surface area (Å²) in [6.07, 6.45) is 2.26. The molecule has 3 nitrogen and oxygen atoms in total.